The zero-order valence-electron chi connectivity index (χ0n) is 8.03. The van der Waals surface area contributed by atoms with Crippen LogP contribution < -0.4 is 0 Å². The number of hydrogen-bond donors (Lipinski definition) is 0. The fraction of sp³-hybridized carbons (Fsp3) is 0.364. The van der Waals surface area contributed by atoms with Crippen molar-refractivity contribution in [3.05, 3.63) is 35.4 Å². The minimum Gasteiger partial charge on any atom is -0.267 e. The number of rotatable bonds is 2. The van der Waals surface area contributed by atoms with Crippen LogP contribution in [0.2, 0.25) is 0 Å². The van der Waals surface area contributed by atoms with Gasteiger partial charge in [0.2, 0.25) is 0 Å². The van der Waals surface area contributed by atoms with Crippen LogP contribution in [0, 0.1) is 0 Å². The monoisotopic (exact) mass is 193 g/mol. The van der Waals surface area contributed by atoms with Crippen LogP contribution in [0.5, 0.6) is 0 Å². The Labute approximate surface area is 82.3 Å². The van der Waals surface area contributed by atoms with Gasteiger partial charge in [0.05, 0.1) is 0 Å². The summed E-state index contributed by atoms with van der Waals surface area (Å²) in [5.41, 5.74) is 1.58. The minimum atomic E-state index is -0.576. The van der Waals surface area contributed by atoms with Crippen LogP contribution in [0.4, 0.5) is 4.48 Å². The Balaban J connectivity index is 2.25. The van der Waals surface area contributed by atoms with Crippen molar-refractivity contribution in [1.29, 1.82) is 0 Å². The predicted octanol–water partition coefficient (Wildman–Crippen LogP) is 2.52. The topological polar surface area (TPSA) is 20.3 Å². The number of hydrogen-bond acceptors (Lipinski definition) is 1. The molecule has 1 fully saturated rings. The quantitative estimate of drug-likeness (QED) is 0.661. The first-order valence-corrected chi connectivity index (χ1v) is 4.72. The average molecular weight is 193 g/mol. The molecule has 0 saturated heterocycles. The summed E-state index contributed by atoms with van der Waals surface area (Å²) in [6.45, 7) is 0. The van der Waals surface area contributed by atoms with Crippen LogP contribution in [0.3, 0.4) is 0 Å². The molecule has 0 heterocycles. The summed E-state index contributed by atoms with van der Waals surface area (Å²) in [6.07, 6.45) is 2.37. The lowest BCUT2D eigenvalue weighted by Crippen LogP contribution is -2.17. The van der Waals surface area contributed by atoms with Crippen LogP contribution in [-0.4, -0.2) is 18.1 Å². The molecule has 1 aromatic carbocycles. The van der Waals surface area contributed by atoms with Crippen molar-refractivity contribution in [2.24, 2.45) is 0 Å². The molecule has 1 aliphatic rings. The fourth-order valence-corrected chi connectivity index (χ4v) is 1.52. The highest BCUT2D eigenvalue weighted by molar-refractivity contribution is 5.93. The van der Waals surface area contributed by atoms with Crippen LogP contribution in [0.15, 0.2) is 24.3 Å². The summed E-state index contributed by atoms with van der Waals surface area (Å²) < 4.78 is 12.6. The highest BCUT2D eigenvalue weighted by Crippen LogP contribution is 2.40. The maximum atomic E-state index is 12.6. The van der Waals surface area contributed by atoms with Crippen LogP contribution in [0.1, 0.15) is 34.7 Å². The van der Waals surface area contributed by atoms with Gasteiger partial charge in [0.25, 0.3) is 5.91 Å². The van der Waals surface area contributed by atoms with Crippen molar-refractivity contribution in [2.75, 3.05) is 7.05 Å². The Kier molecular flexibility index (Phi) is 2.23. The van der Waals surface area contributed by atoms with E-state index in [-0.39, 0.29) is 5.12 Å². The average Bonchev–Trinajstić information content (AvgIpc) is 3.00. The van der Waals surface area contributed by atoms with Crippen molar-refractivity contribution in [3.8, 4) is 0 Å². The minimum absolute atomic E-state index is 0.117. The molecule has 0 aliphatic heterocycles. The lowest BCUT2D eigenvalue weighted by Gasteiger charge is -2.06. The Morgan fingerprint density at radius 3 is 2.79 bits per heavy atom. The molecule has 0 N–H and O–H groups in total. The van der Waals surface area contributed by atoms with Crippen molar-refractivity contribution in [1.82, 2.24) is 5.12 Å². The van der Waals surface area contributed by atoms with Crippen LogP contribution in [-0.2, 0) is 0 Å². The van der Waals surface area contributed by atoms with E-state index in [4.69, 9.17) is 0 Å². The molecule has 1 saturated carbocycles. The largest absolute Gasteiger partial charge is 0.281 e. The molecular weight excluding hydrogens is 181 g/mol. The fourth-order valence-electron chi connectivity index (χ4n) is 1.52. The van der Waals surface area contributed by atoms with Gasteiger partial charge in [-0.1, -0.05) is 16.6 Å². The molecule has 3 heteroatoms. The summed E-state index contributed by atoms with van der Waals surface area (Å²) in [7, 11) is 1.12. The van der Waals surface area contributed by atoms with Crippen molar-refractivity contribution >= 4 is 5.91 Å². The molecule has 0 aromatic heterocycles. The number of halogens is 1. The molecule has 0 spiro atoms. The maximum absolute atomic E-state index is 12.6. The van der Waals surface area contributed by atoms with E-state index in [9.17, 15) is 9.28 Å². The molecule has 0 bridgehead atoms. The summed E-state index contributed by atoms with van der Waals surface area (Å²) in [4.78, 5) is 11.3. The Morgan fingerprint density at radius 2 is 2.21 bits per heavy atom. The summed E-state index contributed by atoms with van der Waals surface area (Å²) in [6, 6.07) is 7.23. The van der Waals surface area contributed by atoms with Crippen molar-refractivity contribution in [2.45, 2.75) is 18.8 Å². The van der Waals surface area contributed by atoms with E-state index in [2.05, 4.69) is 0 Å². The van der Waals surface area contributed by atoms with E-state index < -0.39 is 5.91 Å². The first kappa shape index (κ1) is 9.19. The van der Waals surface area contributed by atoms with Gasteiger partial charge in [0.15, 0.2) is 0 Å². The lowest BCUT2D eigenvalue weighted by atomic mass is 10.1. The van der Waals surface area contributed by atoms with Crippen LogP contribution in [0.25, 0.3) is 0 Å². The van der Waals surface area contributed by atoms with Gasteiger partial charge in [-0.3, -0.25) is 4.79 Å². The van der Waals surface area contributed by atoms with Crippen molar-refractivity contribution < 1.29 is 9.28 Å². The molecular formula is C11H12FNO. The molecule has 0 radical (unpaired) electrons. The van der Waals surface area contributed by atoms with Gasteiger partial charge in [0.1, 0.15) is 0 Å². The highest BCUT2D eigenvalue weighted by Gasteiger charge is 2.24. The lowest BCUT2D eigenvalue weighted by molar-refractivity contribution is 0.0343. The van der Waals surface area contributed by atoms with Gasteiger partial charge in [-0.2, -0.15) is 5.12 Å². The SMILES string of the molecule is CN(F)C(=O)c1cccc(C2CC2)c1. The molecule has 0 unspecified atom stereocenters. The van der Waals surface area contributed by atoms with Gasteiger partial charge in [-0.25, -0.2) is 0 Å². The molecule has 0 atom stereocenters. The number of carbonyl (C=O) groups excluding carboxylic acids is 1. The Morgan fingerprint density at radius 1 is 1.50 bits per heavy atom. The van der Waals surface area contributed by atoms with Gasteiger partial charge in [0, 0.05) is 12.6 Å². The molecule has 74 valence electrons. The van der Waals surface area contributed by atoms with Crippen LogP contribution >= 0.6 is 0 Å². The van der Waals surface area contributed by atoms with Gasteiger partial charge >= 0.3 is 0 Å². The van der Waals surface area contributed by atoms with Gasteiger partial charge in [-0.15, -0.1) is 0 Å². The number of nitrogens with zero attached hydrogens (tertiary/aromatic N) is 1. The normalized spacial score (nSPS) is 15.3. The second kappa shape index (κ2) is 3.40. The zero-order chi connectivity index (χ0) is 10.1. The maximum Gasteiger partial charge on any atom is 0.281 e. The Hall–Kier alpha value is -1.38. The van der Waals surface area contributed by atoms with Crippen molar-refractivity contribution in [3.63, 3.8) is 0 Å². The third-order valence-corrected chi connectivity index (χ3v) is 2.46. The third kappa shape index (κ3) is 1.76. The predicted molar refractivity (Wildman–Crippen MR) is 51.6 cm³/mol. The summed E-state index contributed by atoms with van der Waals surface area (Å²) >= 11 is 0. The number of benzene rings is 1. The Bertz CT molecular complexity index is 358. The molecule has 1 aromatic rings. The number of amides is 1. The smallest absolute Gasteiger partial charge is 0.267 e. The van der Waals surface area contributed by atoms with E-state index >= 15 is 0 Å². The van der Waals surface area contributed by atoms with E-state index in [1.165, 1.54) is 12.8 Å². The second-order valence-corrected chi connectivity index (χ2v) is 3.68. The molecule has 2 rings (SSSR count). The molecule has 14 heavy (non-hydrogen) atoms. The summed E-state index contributed by atoms with van der Waals surface area (Å²) in [5.74, 6) is 0.0140. The molecule has 2 nitrogen and oxygen atoms in total. The van der Waals surface area contributed by atoms with E-state index in [1.54, 1.807) is 12.1 Å². The first-order valence-electron chi connectivity index (χ1n) is 4.72. The highest BCUT2D eigenvalue weighted by atomic mass is 19.2. The molecule has 1 aliphatic carbocycles. The first-order chi connectivity index (χ1) is 6.68. The third-order valence-electron chi connectivity index (χ3n) is 2.46. The van der Waals surface area contributed by atoms with Gasteiger partial charge < -0.3 is 0 Å². The molecule has 1 amide bonds. The van der Waals surface area contributed by atoms with E-state index in [0.29, 0.717) is 11.5 Å². The summed E-state index contributed by atoms with van der Waals surface area (Å²) in [5, 5.41) is 0.117. The van der Waals surface area contributed by atoms with Gasteiger partial charge in [-0.05, 0) is 36.5 Å². The van der Waals surface area contributed by atoms with E-state index in [1.807, 2.05) is 12.1 Å². The second-order valence-electron chi connectivity index (χ2n) is 3.68. The standard InChI is InChI=1S/C11H12FNO/c1-13(12)11(14)10-4-2-3-9(7-10)8-5-6-8/h2-4,7-8H,5-6H2,1H3. The zero-order valence-corrected chi connectivity index (χ0v) is 8.03. The van der Waals surface area contributed by atoms with E-state index in [0.717, 1.165) is 12.6 Å². The number of carbonyl (C=O) groups is 1.